The van der Waals surface area contributed by atoms with E-state index in [1.165, 1.54) is 9.88 Å². The molecule has 0 aromatic heterocycles. The van der Waals surface area contributed by atoms with E-state index in [9.17, 15) is 8.42 Å². The van der Waals surface area contributed by atoms with Crippen molar-refractivity contribution in [3.05, 3.63) is 11.6 Å². The molecule has 0 unspecified atom stereocenters. The van der Waals surface area contributed by atoms with E-state index in [0.29, 0.717) is 11.8 Å². The second-order valence-corrected chi connectivity index (χ2v) is 8.16. The molecular formula is C14H29N3O2S. The molecule has 1 heterocycles. The number of hydrogen-bond acceptors (Lipinski definition) is 3. The summed E-state index contributed by atoms with van der Waals surface area (Å²) < 4.78 is 28.1. The standard InChI is InChI=1S/C14H29N3O2S/c1-7-12(4)8-17-9-13(11(2)3)14(10-17)15-20(18,19)16(5)6/h7,11,13-15H,8-10H2,1-6H3/b12-7+/t13-,14+/m0/s1. The van der Waals surface area contributed by atoms with Crippen molar-refractivity contribution in [1.82, 2.24) is 13.9 Å². The van der Waals surface area contributed by atoms with Crippen LogP contribution in [0.2, 0.25) is 0 Å². The molecule has 20 heavy (non-hydrogen) atoms. The van der Waals surface area contributed by atoms with Crippen LogP contribution in [-0.2, 0) is 10.2 Å². The summed E-state index contributed by atoms with van der Waals surface area (Å²) in [5.41, 5.74) is 1.32. The lowest BCUT2D eigenvalue weighted by Crippen LogP contribution is -2.46. The van der Waals surface area contributed by atoms with E-state index in [4.69, 9.17) is 0 Å². The highest BCUT2D eigenvalue weighted by molar-refractivity contribution is 7.87. The van der Waals surface area contributed by atoms with Crippen molar-refractivity contribution in [2.75, 3.05) is 33.7 Å². The molecule has 1 aliphatic heterocycles. The maximum absolute atomic E-state index is 12.0. The van der Waals surface area contributed by atoms with E-state index >= 15 is 0 Å². The van der Waals surface area contributed by atoms with Gasteiger partial charge >= 0.3 is 0 Å². The molecule has 118 valence electrons. The van der Waals surface area contributed by atoms with Gasteiger partial charge in [0.1, 0.15) is 0 Å². The number of nitrogens with zero attached hydrogens (tertiary/aromatic N) is 2. The van der Waals surface area contributed by atoms with Crippen LogP contribution in [0.25, 0.3) is 0 Å². The monoisotopic (exact) mass is 303 g/mol. The number of allylic oxidation sites excluding steroid dienone is 1. The molecular weight excluding hydrogens is 274 g/mol. The van der Waals surface area contributed by atoms with Crippen LogP contribution >= 0.6 is 0 Å². The minimum Gasteiger partial charge on any atom is -0.297 e. The fraction of sp³-hybridized carbons (Fsp3) is 0.857. The zero-order valence-corrected chi connectivity index (χ0v) is 14.4. The van der Waals surface area contributed by atoms with Crippen molar-refractivity contribution in [2.24, 2.45) is 11.8 Å². The fourth-order valence-electron chi connectivity index (χ4n) is 2.58. The molecule has 1 aliphatic rings. The van der Waals surface area contributed by atoms with Crippen molar-refractivity contribution in [2.45, 2.75) is 33.7 Å². The van der Waals surface area contributed by atoms with Gasteiger partial charge in [-0.15, -0.1) is 0 Å². The van der Waals surface area contributed by atoms with E-state index in [-0.39, 0.29) is 6.04 Å². The van der Waals surface area contributed by atoms with E-state index in [0.717, 1.165) is 19.6 Å². The molecule has 0 aromatic rings. The summed E-state index contributed by atoms with van der Waals surface area (Å²) in [7, 11) is -0.246. The van der Waals surface area contributed by atoms with Gasteiger partial charge in [0.15, 0.2) is 0 Å². The third-order valence-corrected chi connectivity index (χ3v) is 5.61. The molecule has 1 saturated heterocycles. The Bertz CT molecular complexity index is 443. The van der Waals surface area contributed by atoms with Gasteiger partial charge in [-0.1, -0.05) is 25.5 Å². The summed E-state index contributed by atoms with van der Waals surface area (Å²) in [5.74, 6) is 0.815. The third-order valence-electron chi connectivity index (χ3n) is 4.04. The van der Waals surface area contributed by atoms with Gasteiger partial charge in [-0.3, -0.25) is 4.90 Å². The number of nitrogens with one attached hydrogen (secondary N) is 1. The first kappa shape index (κ1) is 17.6. The summed E-state index contributed by atoms with van der Waals surface area (Å²) in [6.07, 6.45) is 2.11. The zero-order valence-electron chi connectivity index (χ0n) is 13.5. The second-order valence-electron chi connectivity index (χ2n) is 6.25. The Balaban J connectivity index is 2.78. The van der Waals surface area contributed by atoms with Crippen molar-refractivity contribution in [3.63, 3.8) is 0 Å². The summed E-state index contributed by atoms with van der Waals surface area (Å²) >= 11 is 0. The Labute approximate surface area is 124 Å². The smallest absolute Gasteiger partial charge is 0.279 e. The summed E-state index contributed by atoms with van der Waals surface area (Å²) in [6, 6.07) is -0.00736. The third kappa shape index (κ3) is 4.55. The molecule has 0 bridgehead atoms. The molecule has 0 spiro atoms. The molecule has 0 radical (unpaired) electrons. The molecule has 0 amide bonds. The van der Waals surface area contributed by atoms with Crippen molar-refractivity contribution in [1.29, 1.82) is 0 Å². The molecule has 1 rings (SSSR count). The lowest BCUT2D eigenvalue weighted by molar-refractivity contribution is 0.319. The Morgan fingerprint density at radius 1 is 1.40 bits per heavy atom. The number of hydrogen-bond donors (Lipinski definition) is 1. The first-order valence-electron chi connectivity index (χ1n) is 7.21. The molecule has 5 nitrogen and oxygen atoms in total. The van der Waals surface area contributed by atoms with E-state index < -0.39 is 10.2 Å². The van der Waals surface area contributed by atoms with Crippen LogP contribution in [0, 0.1) is 11.8 Å². The molecule has 1 N–H and O–H groups in total. The number of likely N-dealkylation sites (tertiary alicyclic amines) is 1. The van der Waals surface area contributed by atoms with E-state index in [2.05, 4.69) is 36.5 Å². The SMILES string of the molecule is C/C=C(\C)CN1C[C@@H](NS(=O)(=O)N(C)C)[C@H](C(C)C)C1. The molecule has 0 saturated carbocycles. The van der Waals surface area contributed by atoms with Crippen LogP contribution in [0.3, 0.4) is 0 Å². The van der Waals surface area contributed by atoms with Gasteiger partial charge in [0.05, 0.1) is 0 Å². The molecule has 6 heteroatoms. The first-order chi connectivity index (χ1) is 9.17. The Morgan fingerprint density at radius 3 is 2.45 bits per heavy atom. The average molecular weight is 303 g/mol. The zero-order chi connectivity index (χ0) is 15.5. The van der Waals surface area contributed by atoms with Gasteiger partial charge in [0.25, 0.3) is 10.2 Å². The number of rotatable bonds is 6. The largest absolute Gasteiger partial charge is 0.297 e. The highest BCUT2D eigenvalue weighted by Gasteiger charge is 2.37. The Hall–Kier alpha value is -0.430. The van der Waals surface area contributed by atoms with Crippen molar-refractivity contribution < 1.29 is 8.42 Å². The lowest BCUT2D eigenvalue weighted by Gasteiger charge is -2.24. The van der Waals surface area contributed by atoms with Crippen molar-refractivity contribution >= 4 is 10.2 Å². The summed E-state index contributed by atoms with van der Waals surface area (Å²) in [6.45, 7) is 11.1. The maximum Gasteiger partial charge on any atom is 0.279 e. The average Bonchev–Trinajstić information content (AvgIpc) is 2.70. The van der Waals surface area contributed by atoms with Crippen LogP contribution in [-0.4, -0.2) is 57.4 Å². The Morgan fingerprint density at radius 2 is 2.00 bits per heavy atom. The summed E-state index contributed by atoms with van der Waals surface area (Å²) in [4.78, 5) is 2.34. The Kier molecular flexibility index (Phi) is 6.19. The van der Waals surface area contributed by atoms with Crippen LogP contribution in [0.5, 0.6) is 0 Å². The normalized spacial score (nSPS) is 25.9. The highest BCUT2D eigenvalue weighted by atomic mass is 32.2. The molecule has 0 aromatic carbocycles. The van der Waals surface area contributed by atoms with E-state index in [1.54, 1.807) is 14.1 Å². The van der Waals surface area contributed by atoms with Crippen LogP contribution in [0.1, 0.15) is 27.7 Å². The summed E-state index contributed by atoms with van der Waals surface area (Å²) in [5, 5.41) is 0. The molecule has 2 atom stereocenters. The molecule has 1 fully saturated rings. The highest BCUT2D eigenvalue weighted by Crippen LogP contribution is 2.25. The fourth-order valence-corrected chi connectivity index (χ4v) is 3.43. The predicted octanol–water partition coefficient (Wildman–Crippen LogP) is 1.31. The van der Waals surface area contributed by atoms with Gasteiger partial charge in [-0.2, -0.15) is 17.4 Å². The van der Waals surface area contributed by atoms with Gasteiger partial charge < -0.3 is 0 Å². The van der Waals surface area contributed by atoms with Gasteiger partial charge in [-0.05, 0) is 25.7 Å². The molecule has 0 aliphatic carbocycles. The van der Waals surface area contributed by atoms with Crippen molar-refractivity contribution in [3.8, 4) is 0 Å². The van der Waals surface area contributed by atoms with Crippen LogP contribution in [0.15, 0.2) is 11.6 Å². The van der Waals surface area contributed by atoms with Crippen LogP contribution in [0.4, 0.5) is 0 Å². The maximum atomic E-state index is 12.0. The van der Waals surface area contributed by atoms with E-state index in [1.807, 2.05) is 6.92 Å². The lowest BCUT2D eigenvalue weighted by atomic mass is 9.92. The van der Waals surface area contributed by atoms with Gasteiger partial charge in [0.2, 0.25) is 0 Å². The van der Waals surface area contributed by atoms with Crippen LogP contribution < -0.4 is 4.72 Å². The topological polar surface area (TPSA) is 52.7 Å². The van der Waals surface area contributed by atoms with Gasteiger partial charge in [-0.25, -0.2) is 0 Å². The van der Waals surface area contributed by atoms with Gasteiger partial charge in [0, 0.05) is 39.8 Å². The predicted molar refractivity (Wildman–Crippen MR) is 83.7 cm³/mol. The minimum absolute atomic E-state index is 0.00736. The minimum atomic E-state index is -3.36. The second kappa shape index (κ2) is 7.02. The quantitative estimate of drug-likeness (QED) is 0.753. The first-order valence-corrected chi connectivity index (χ1v) is 8.65.